The van der Waals surface area contributed by atoms with Gasteiger partial charge in [0.15, 0.2) is 0 Å². The molecule has 1 aliphatic rings. The summed E-state index contributed by atoms with van der Waals surface area (Å²) in [5.74, 6) is -0.690. The van der Waals surface area contributed by atoms with E-state index in [2.05, 4.69) is 48.5 Å². The summed E-state index contributed by atoms with van der Waals surface area (Å²) >= 11 is 0. The summed E-state index contributed by atoms with van der Waals surface area (Å²) in [5.41, 5.74) is 1.27. The van der Waals surface area contributed by atoms with Crippen LogP contribution in [0.15, 0.2) is 24.3 Å². The summed E-state index contributed by atoms with van der Waals surface area (Å²) in [7, 11) is 2.80. The summed E-state index contributed by atoms with van der Waals surface area (Å²) in [6, 6.07) is 7.65. The first-order valence-corrected chi connectivity index (χ1v) is 13.1. The Kier molecular flexibility index (Phi) is 12.7. The molecule has 0 aliphatic carbocycles. The van der Waals surface area contributed by atoms with Crippen LogP contribution in [0.3, 0.4) is 0 Å². The van der Waals surface area contributed by atoms with Gasteiger partial charge in [-0.15, -0.1) is 0 Å². The molecule has 8 heteroatoms. The number of nitrogens with one attached hydrogen (secondary N) is 3. The monoisotopic (exact) mass is 490 g/mol. The topological polar surface area (TPSA) is 91.9 Å². The minimum atomic E-state index is -0.572. The standard InChI is InChI=1S/C27H46N4O4/c1-7-21-16-29-23(9-3)18-31(24(10-4)17-30-22(8-2)15-28-21)25(27(33)35-6)19-11-13-20(14-12-19)26(32)34-5/h11-14,21-25,28-30H,7-10,15-18H2,1-6H3/t21-,22-,23-,24-,25?/m1/s1. The van der Waals surface area contributed by atoms with Crippen molar-refractivity contribution in [3.8, 4) is 0 Å². The quantitative estimate of drug-likeness (QED) is 0.479. The van der Waals surface area contributed by atoms with Crippen molar-refractivity contribution in [1.29, 1.82) is 0 Å². The highest BCUT2D eigenvalue weighted by Gasteiger charge is 2.35. The first-order valence-electron chi connectivity index (χ1n) is 13.1. The Morgan fingerprint density at radius 1 is 0.829 bits per heavy atom. The number of carbonyl (C=O) groups is 2. The molecule has 1 unspecified atom stereocenters. The number of benzene rings is 1. The van der Waals surface area contributed by atoms with E-state index < -0.39 is 12.0 Å². The largest absolute Gasteiger partial charge is 0.468 e. The lowest BCUT2D eigenvalue weighted by Gasteiger charge is -2.40. The maximum Gasteiger partial charge on any atom is 0.337 e. The van der Waals surface area contributed by atoms with Crippen molar-refractivity contribution in [2.75, 3.05) is 40.4 Å². The van der Waals surface area contributed by atoms with Gasteiger partial charge in [-0.2, -0.15) is 0 Å². The van der Waals surface area contributed by atoms with E-state index in [0.29, 0.717) is 24.2 Å². The second kappa shape index (κ2) is 15.2. The molecule has 1 aromatic rings. The van der Waals surface area contributed by atoms with Crippen LogP contribution in [0.2, 0.25) is 0 Å². The van der Waals surface area contributed by atoms with Crippen molar-refractivity contribution >= 4 is 11.9 Å². The molecule has 1 aliphatic heterocycles. The Balaban J connectivity index is 2.46. The molecule has 0 aromatic heterocycles. The fourth-order valence-corrected chi connectivity index (χ4v) is 4.69. The van der Waals surface area contributed by atoms with Gasteiger partial charge in [0, 0.05) is 50.3 Å². The highest BCUT2D eigenvalue weighted by molar-refractivity contribution is 5.89. The van der Waals surface area contributed by atoms with Gasteiger partial charge < -0.3 is 25.4 Å². The predicted molar refractivity (Wildman–Crippen MR) is 140 cm³/mol. The van der Waals surface area contributed by atoms with E-state index in [1.54, 1.807) is 12.1 Å². The molecular formula is C27H46N4O4. The Hall–Kier alpha value is -2.00. The lowest BCUT2D eigenvalue weighted by molar-refractivity contribution is -0.148. The Morgan fingerprint density at radius 3 is 1.86 bits per heavy atom. The third-order valence-corrected chi connectivity index (χ3v) is 7.20. The Labute approximate surface area is 211 Å². The van der Waals surface area contributed by atoms with Crippen LogP contribution >= 0.6 is 0 Å². The van der Waals surface area contributed by atoms with Crippen molar-refractivity contribution in [2.24, 2.45) is 0 Å². The molecule has 1 heterocycles. The van der Waals surface area contributed by atoms with Crippen molar-refractivity contribution in [3.63, 3.8) is 0 Å². The number of carbonyl (C=O) groups excluding carboxylic acids is 2. The van der Waals surface area contributed by atoms with Crippen LogP contribution in [0.5, 0.6) is 0 Å². The van der Waals surface area contributed by atoms with Crippen molar-refractivity contribution in [3.05, 3.63) is 35.4 Å². The van der Waals surface area contributed by atoms with Crippen LogP contribution in [-0.4, -0.2) is 81.4 Å². The van der Waals surface area contributed by atoms with E-state index in [9.17, 15) is 9.59 Å². The summed E-state index contributed by atoms with van der Waals surface area (Å²) in [6.07, 6.45) is 3.92. The Bertz CT molecular complexity index is 773. The molecule has 1 fully saturated rings. The van der Waals surface area contributed by atoms with Crippen molar-refractivity contribution in [2.45, 2.75) is 83.6 Å². The molecule has 3 N–H and O–H groups in total. The molecule has 198 valence electrons. The molecule has 0 saturated carbocycles. The molecular weight excluding hydrogens is 444 g/mol. The first-order chi connectivity index (χ1) is 16.9. The minimum Gasteiger partial charge on any atom is -0.468 e. The predicted octanol–water partition coefficient (Wildman–Crippen LogP) is 2.89. The van der Waals surface area contributed by atoms with Gasteiger partial charge in [-0.3, -0.25) is 4.90 Å². The van der Waals surface area contributed by atoms with Gasteiger partial charge in [0.25, 0.3) is 0 Å². The van der Waals surface area contributed by atoms with Gasteiger partial charge in [0.05, 0.1) is 19.8 Å². The zero-order valence-corrected chi connectivity index (χ0v) is 22.4. The first kappa shape index (κ1) is 29.2. The van der Waals surface area contributed by atoms with Crippen LogP contribution in [-0.2, 0) is 14.3 Å². The van der Waals surface area contributed by atoms with Crippen LogP contribution in [0, 0.1) is 0 Å². The second-order valence-corrected chi connectivity index (χ2v) is 9.34. The van der Waals surface area contributed by atoms with Crippen LogP contribution in [0.25, 0.3) is 0 Å². The third-order valence-electron chi connectivity index (χ3n) is 7.20. The highest BCUT2D eigenvalue weighted by atomic mass is 16.5. The van der Waals surface area contributed by atoms with Crippen LogP contribution < -0.4 is 16.0 Å². The zero-order chi connectivity index (χ0) is 25.8. The van der Waals surface area contributed by atoms with Crippen molar-refractivity contribution in [1.82, 2.24) is 20.9 Å². The number of hydrogen-bond donors (Lipinski definition) is 3. The summed E-state index contributed by atoms with van der Waals surface area (Å²) in [6.45, 7) is 12.1. The van der Waals surface area contributed by atoms with Gasteiger partial charge >= 0.3 is 11.9 Å². The number of methoxy groups -OCH3 is 2. The molecule has 8 nitrogen and oxygen atoms in total. The normalized spacial score (nSPS) is 25.7. The van der Waals surface area contributed by atoms with E-state index >= 15 is 0 Å². The van der Waals surface area contributed by atoms with E-state index in [4.69, 9.17) is 9.47 Å². The minimum absolute atomic E-state index is 0.130. The SMILES string of the molecule is CC[C@@H]1CN[C@H](CC)CN(C(C(=O)OC)c2ccc(C(=O)OC)cc2)[C@H](CC)CN[C@H](CC)CN1. The number of ether oxygens (including phenoxy) is 2. The maximum absolute atomic E-state index is 13.2. The average molecular weight is 491 g/mol. The number of nitrogens with zero attached hydrogens (tertiary/aromatic N) is 1. The van der Waals surface area contributed by atoms with Crippen molar-refractivity contribution < 1.29 is 19.1 Å². The summed E-state index contributed by atoms with van der Waals surface area (Å²) in [5, 5.41) is 11.2. The molecule has 0 bridgehead atoms. The average Bonchev–Trinajstić information content (AvgIpc) is 2.89. The van der Waals surface area contributed by atoms with E-state index in [0.717, 1.165) is 50.9 Å². The van der Waals surface area contributed by atoms with Crippen LogP contribution in [0.4, 0.5) is 0 Å². The second-order valence-electron chi connectivity index (χ2n) is 9.34. The fourth-order valence-electron chi connectivity index (χ4n) is 4.69. The number of rotatable bonds is 8. The fraction of sp³-hybridized carbons (Fsp3) is 0.704. The molecule has 1 saturated heterocycles. The van der Waals surface area contributed by atoms with E-state index in [1.165, 1.54) is 14.2 Å². The van der Waals surface area contributed by atoms with Gasteiger partial charge in [-0.1, -0.05) is 39.8 Å². The third kappa shape index (κ3) is 8.27. The molecule has 5 atom stereocenters. The maximum atomic E-state index is 13.2. The van der Waals surface area contributed by atoms with Gasteiger partial charge in [0.1, 0.15) is 6.04 Å². The molecule has 0 amide bonds. The molecule has 0 radical (unpaired) electrons. The van der Waals surface area contributed by atoms with E-state index in [-0.39, 0.29) is 18.1 Å². The highest BCUT2D eigenvalue weighted by Crippen LogP contribution is 2.27. The summed E-state index contributed by atoms with van der Waals surface area (Å²) in [4.78, 5) is 27.5. The number of hydrogen-bond acceptors (Lipinski definition) is 8. The lowest BCUT2D eigenvalue weighted by Crippen LogP contribution is -2.56. The molecule has 0 spiro atoms. The van der Waals surface area contributed by atoms with Gasteiger partial charge in [0.2, 0.25) is 0 Å². The number of esters is 2. The zero-order valence-electron chi connectivity index (χ0n) is 22.4. The summed E-state index contributed by atoms with van der Waals surface area (Å²) < 4.78 is 10.1. The molecule has 1 aromatic carbocycles. The van der Waals surface area contributed by atoms with E-state index in [1.807, 2.05) is 12.1 Å². The van der Waals surface area contributed by atoms with Gasteiger partial charge in [-0.05, 0) is 43.4 Å². The van der Waals surface area contributed by atoms with Crippen LogP contribution in [0.1, 0.15) is 75.3 Å². The molecule has 35 heavy (non-hydrogen) atoms. The molecule has 2 rings (SSSR count). The Morgan fingerprint density at radius 2 is 1.37 bits per heavy atom. The smallest absolute Gasteiger partial charge is 0.337 e. The lowest BCUT2D eigenvalue weighted by atomic mass is 9.98. The van der Waals surface area contributed by atoms with Gasteiger partial charge in [-0.25, -0.2) is 9.59 Å².